The van der Waals surface area contributed by atoms with Crippen LogP contribution in [0.4, 0.5) is 0 Å². The molecule has 6 heteroatoms. The maximum absolute atomic E-state index is 12.7. The molecule has 23 heavy (non-hydrogen) atoms. The number of aromatic amines is 1. The lowest BCUT2D eigenvalue weighted by atomic mass is 9.85. The SMILES string of the molecule is Cc1cc2c3c4c([nH]c3c1)C1(C)CCCN1CC4=NN(S)C2=O. The Morgan fingerprint density at radius 2 is 2.22 bits per heavy atom. The number of fused-ring (bicyclic) bond motifs is 2. The number of aromatic nitrogens is 1. The van der Waals surface area contributed by atoms with Crippen molar-refractivity contribution < 1.29 is 4.79 Å². The Bertz CT molecular complexity index is 915. The third-order valence-corrected chi connectivity index (χ3v) is 5.90. The van der Waals surface area contributed by atoms with Crippen LogP contribution in [0.25, 0.3) is 10.9 Å². The Kier molecular flexibility index (Phi) is 2.48. The van der Waals surface area contributed by atoms with Crippen molar-refractivity contribution in [2.75, 3.05) is 13.1 Å². The van der Waals surface area contributed by atoms with Crippen LogP contribution in [0.3, 0.4) is 0 Å². The van der Waals surface area contributed by atoms with E-state index in [-0.39, 0.29) is 11.4 Å². The molecule has 5 rings (SSSR count). The lowest BCUT2D eigenvalue weighted by Gasteiger charge is -2.39. The zero-order valence-electron chi connectivity index (χ0n) is 13.2. The number of thiol groups is 1. The number of aryl methyl sites for hydroxylation is 1. The quantitative estimate of drug-likeness (QED) is 0.732. The summed E-state index contributed by atoms with van der Waals surface area (Å²) in [4.78, 5) is 18.8. The molecule has 1 unspecified atom stereocenters. The molecule has 3 aliphatic heterocycles. The van der Waals surface area contributed by atoms with Gasteiger partial charge in [-0.2, -0.15) is 9.52 Å². The molecule has 1 aromatic heterocycles. The van der Waals surface area contributed by atoms with E-state index in [0.717, 1.165) is 47.3 Å². The number of hydrogen-bond acceptors (Lipinski definition) is 4. The zero-order chi connectivity index (χ0) is 15.9. The minimum Gasteiger partial charge on any atom is -0.356 e. The van der Waals surface area contributed by atoms with E-state index >= 15 is 0 Å². The molecule has 1 fully saturated rings. The maximum atomic E-state index is 12.7. The van der Waals surface area contributed by atoms with Crippen LogP contribution < -0.4 is 0 Å². The summed E-state index contributed by atoms with van der Waals surface area (Å²) >= 11 is 4.30. The van der Waals surface area contributed by atoms with Crippen LogP contribution >= 0.6 is 12.8 Å². The summed E-state index contributed by atoms with van der Waals surface area (Å²) < 4.78 is 1.20. The first-order chi connectivity index (χ1) is 11.0. The highest BCUT2D eigenvalue weighted by Crippen LogP contribution is 2.46. The first-order valence-electron chi connectivity index (χ1n) is 8.02. The average molecular weight is 326 g/mol. The van der Waals surface area contributed by atoms with Gasteiger partial charge >= 0.3 is 0 Å². The standard InChI is InChI=1S/C17H18N4OS/c1-9-6-10-13-11(7-9)18-15-14(13)12(19-21(23)16(10)22)8-20-5-3-4-17(15,20)2/h6-7,18,23H,3-5,8H2,1-2H3. The maximum Gasteiger partial charge on any atom is 0.284 e. The summed E-state index contributed by atoms with van der Waals surface area (Å²) in [5.74, 6) is -0.156. The Morgan fingerprint density at radius 1 is 1.39 bits per heavy atom. The smallest absolute Gasteiger partial charge is 0.284 e. The monoisotopic (exact) mass is 326 g/mol. The number of carbonyl (C=O) groups is 1. The first-order valence-corrected chi connectivity index (χ1v) is 8.42. The number of amides is 1. The molecule has 1 aromatic carbocycles. The van der Waals surface area contributed by atoms with Crippen molar-refractivity contribution in [2.24, 2.45) is 5.10 Å². The van der Waals surface area contributed by atoms with E-state index in [2.05, 4.69) is 40.8 Å². The molecule has 0 spiro atoms. The fraction of sp³-hybridized carbons (Fsp3) is 0.412. The molecule has 2 aromatic rings. The molecule has 3 aliphatic rings. The molecule has 1 saturated heterocycles. The molecule has 118 valence electrons. The number of H-pyrrole nitrogens is 1. The minimum atomic E-state index is -0.156. The van der Waals surface area contributed by atoms with Crippen molar-refractivity contribution >= 4 is 35.3 Å². The normalized spacial score (nSPS) is 26.5. The highest BCUT2D eigenvalue weighted by Gasteiger charge is 2.47. The van der Waals surface area contributed by atoms with Crippen molar-refractivity contribution in [1.82, 2.24) is 14.3 Å². The summed E-state index contributed by atoms with van der Waals surface area (Å²) in [6, 6.07) is 4.07. The van der Waals surface area contributed by atoms with Crippen LogP contribution in [0.5, 0.6) is 0 Å². The van der Waals surface area contributed by atoms with Gasteiger partial charge < -0.3 is 4.98 Å². The van der Waals surface area contributed by atoms with Gasteiger partial charge in [0.15, 0.2) is 0 Å². The van der Waals surface area contributed by atoms with E-state index in [1.807, 2.05) is 13.0 Å². The van der Waals surface area contributed by atoms with Gasteiger partial charge in [0.2, 0.25) is 0 Å². The molecule has 0 aliphatic carbocycles. The number of nitrogens with one attached hydrogen (secondary N) is 1. The second kappa shape index (κ2) is 4.19. The highest BCUT2D eigenvalue weighted by atomic mass is 32.1. The van der Waals surface area contributed by atoms with Crippen LogP contribution in [0.1, 0.15) is 46.9 Å². The van der Waals surface area contributed by atoms with Gasteiger partial charge in [-0.15, -0.1) is 0 Å². The molecule has 5 nitrogen and oxygen atoms in total. The van der Waals surface area contributed by atoms with E-state index in [1.165, 1.54) is 16.5 Å². The van der Waals surface area contributed by atoms with Gasteiger partial charge in [-0.05, 0) is 63.7 Å². The third-order valence-electron chi connectivity index (χ3n) is 5.63. The zero-order valence-corrected chi connectivity index (χ0v) is 14.1. The fourth-order valence-corrected chi connectivity index (χ4v) is 4.72. The lowest BCUT2D eigenvalue weighted by Crippen LogP contribution is -2.47. The fourth-order valence-electron chi connectivity index (χ4n) is 4.50. The first kappa shape index (κ1) is 13.6. The number of rotatable bonds is 0. The average Bonchev–Trinajstić information content (AvgIpc) is 3.04. The number of benzene rings is 1. The molecular formula is C17H18N4OS. The van der Waals surface area contributed by atoms with Gasteiger partial charge in [0.25, 0.3) is 5.91 Å². The van der Waals surface area contributed by atoms with E-state index in [0.29, 0.717) is 5.56 Å². The number of carbonyl (C=O) groups excluding carboxylic acids is 1. The Labute approximate surface area is 139 Å². The second-order valence-corrected chi connectivity index (χ2v) is 7.43. The molecule has 1 atom stereocenters. The third kappa shape index (κ3) is 1.58. The molecule has 1 amide bonds. The number of nitrogens with zero attached hydrogens (tertiary/aromatic N) is 3. The molecule has 0 saturated carbocycles. The van der Waals surface area contributed by atoms with E-state index in [9.17, 15) is 4.79 Å². The number of hydrazone groups is 1. The van der Waals surface area contributed by atoms with Crippen molar-refractivity contribution in [3.05, 3.63) is 34.5 Å². The van der Waals surface area contributed by atoms with Gasteiger partial charge in [0.1, 0.15) is 0 Å². The predicted molar refractivity (Wildman–Crippen MR) is 92.9 cm³/mol. The molecule has 0 bridgehead atoms. The Hall–Kier alpha value is -1.79. The van der Waals surface area contributed by atoms with E-state index < -0.39 is 0 Å². The summed E-state index contributed by atoms with van der Waals surface area (Å²) in [6.07, 6.45) is 2.32. The van der Waals surface area contributed by atoms with E-state index in [1.54, 1.807) is 0 Å². The van der Waals surface area contributed by atoms with Crippen molar-refractivity contribution in [1.29, 1.82) is 0 Å². The molecule has 0 radical (unpaired) electrons. The van der Waals surface area contributed by atoms with Gasteiger partial charge in [0.05, 0.1) is 16.8 Å². The summed E-state index contributed by atoms with van der Waals surface area (Å²) in [5, 5.41) is 5.54. The molecule has 1 N–H and O–H groups in total. The van der Waals surface area contributed by atoms with Crippen molar-refractivity contribution in [3.8, 4) is 0 Å². The van der Waals surface area contributed by atoms with E-state index in [4.69, 9.17) is 0 Å². The summed E-state index contributed by atoms with van der Waals surface area (Å²) in [5.41, 5.74) is 6.08. The molecule has 4 heterocycles. The van der Waals surface area contributed by atoms with Crippen LogP contribution in [0.2, 0.25) is 0 Å². The van der Waals surface area contributed by atoms with Crippen LogP contribution in [0.15, 0.2) is 17.2 Å². The number of hydrogen-bond donors (Lipinski definition) is 2. The highest BCUT2D eigenvalue weighted by molar-refractivity contribution is 7.78. The van der Waals surface area contributed by atoms with Gasteiger partial charge in [0, 0.05) is 28.7 Å². The summed E-state index contributed by atoms with van der Waals surface area (Å²) in [6.45, 7) is 6.16. The van der Waals surface area contributed by atoms with Gasteiger partial charge in [-0.1, -0.05) is 0 Å². The van der Waals surface area contributed by atoms with Crippen LogP contribution in [-0.4, -0.2) is 39.0 Å². The minimum absolute atomic E-state index is 0.00731. The summed E-state index contributed by atoms with van der Waals surface area (Å²) in [7, 11) is 0. The Morgan fingerprint density at radius 3 is 3.04 bits per heavy atom. The predicted octanol–water partition coefficient (Wildman–Crippen LogP) is 2.81. The lowest BCUT2D eigenvalue weighted by molar-refractivity contribution is 0.0878. The molecular weight excluding hydrogens is 308 g/mol. The van der Waals surface area contributed by atoms with Crippen molar-refractivity contribution in [3.63, 3.8) is 0 Å². The van der Waals surface area contributed by atoms with Gasteiger partial charge in [-0.3, -0.25) is 9.69 Å². The Balaban J connectivity index is 1.95. The van der Waals surface area contributed by atoms with Gasteiger partial charge in [-0.25, -0.2) is 0 Å². The van der Waals surface area contributed by atoms with Crippen LogP contribution in [-0.2, 0) is 5.54 Å². The largest absolute Gasteiger partial charge is 0.356 e. The van der Waals surface area contributed by atoms with Crippen molar-refractivity contribution in [2.45, 2.75) is 32.2 Å². The van der Waals surface area contributed by atoms with Crippen LogP contribution in [0, 0.1) is 6.92 Å². The topological polar surface area (TPSA) is 51.7 Å². The second-order valence-electron chi connectivity index (χ2n) is 7.05.